The summed E-state index contributed by atoms with van der Waals surface area (Å²) in [6, 6.07) is 0. The van der Waals surface area contributed by atoms with Crippen molar-refractivity contribution in [2.75, 3.05) is 18.9 Å². The second kappa shape index (κ2) is 8.16. The Morgan fingerprint density at radius 2 is 1.96 bits per heavy atom. The molecular weight excluding hydrogens is 359 g/mol. The highest BCUT2D eigenvalue weighted by atomic mass is 32.1. The Labute approximate surface area is 146 Å². The highest BCUT2D eigenvalue weighted by molar-refractivity contribution is 7.80. The van der Waals surface area contributed by atoms with Gasteiger partial charge in [0.05, 0.1) is 6.61 Å². The van der Waals surface area contributed by atoms with Crippen molar-refractivity contribution >= 4 is 32.3 Å². The number of amides is 2. The highest BCUT2D eigenvalue weighted by Crippen LogP contribution is 2.39. The number of thiol groups is 1. The first-order valence-corrected chi connectivity index (χ1v) is 9.65. The molecule has 140 valence electrons. The van der Waals surface area contributed by atoms with Gasteiger partial charge < -0.3 is 25.5 Å². The van der Waals surface area contributed by atoms with Gasteiger partial charge in [-0.15, -0.1) is 0 Å². The van der Waals surface area contributed by atoms with E-state index < -0.39 is 31.9 Å². The molecule has 1 aliphatic carbocycles. The fraction of sp³-hybridized carbons (Fsp3) is 0.846. The maximum absolute atomic E-state index is 11.9. The van der Waals surface area contributed by atoms with Crippen molar-refractivity contribution in [3.63, 3.8) is 0 Å². The Morgan fingerprint density at radius 1 is 1.38 bits per heavy atom. The summed E-state index contributed by atoms with van der Waals surface area (Å²) in [6.45, 7) is 2.41. The van der Waals surface area contributed by atoms with Gasteiger partial charge in [0.15, 0.2) is 0 Å². The van der Waals surface area contributed by atoms with Crippen LogP contribution in [0.15, 0.2) is 0 Å². The summed E-state index contributed by atoms with van der Waals surface area (Å²) in [4.78, 5) is 41.0. The molecule has 0 aliphatic heterocycles. The largest absolute Gasteiger partial charge is 0.469 e. The number of hydrogen-bond acceptors (Lipinski definition) is 6. The van der Waals surface area contributed by atoms with E-state index in [1.165, 1.54) is 13.8 Å². The van der Waals surface area contributed by atoms with E-state index in [-0.39, 0.29) is 24.4 Å². The van der Waals surface area contributed by atoms with Crippen LogP contribution in [0.25, 0.3) is 0 Å². The van der Waals surface area contributed by atoms with E-state index in [1.807, 2.05) is 0 Å². The Balaban J connectivity index is 2.35. The molecule has 1 rings (SSSR count). The van der Waals surface area contributed by atoms with E-state index in [2.05, 4.69) is 27.8 Å². The van der Waals surface area contributed by atoms with Crippen molar-refractivity contribution in [1.29, 1.82) is 0 Å². The smallest absolute Gasteiger partial charge is 0.383 e. The summed E-state index contributed by atoms with van der Waals surface area (Å²) in [5, 5.41) is 15.3. The van der Waals surface area contributed by atoms with Gasteiger partial charge in [0.25, 0.3) is 0 Å². The zero-order valence-electron chi connectivity index (χ0n) is 13.7. The summed E-state index contributed by atoms with van der Waals surface area (Å²) < 4.78 is 15.0. The van der Waals surface area contributed by atoms with Crippen molar-refractivity contribution in [3.05, 3.63) is 0 Å². The molecule has 5 N–H and O–H groups in total. The second-order valence-electron chi connectivity index (χ2n) is 6.68. The molecule has 9 nitrogen and oxygen atoms in total. The molecule has 0 bridgehead atoms. The predicted octanol–water partition coefficient (Wildman–Crippen LogP) is -0.432. The van der Waals surface area contributed by atoms with E-state index in [9.17, 15) is 19.3 Å². The lowest BCUT2D eigenvalue weighted by molar-refractivity contribution is -0.137. The summed E-state index contributed by atoms with van der Waals surface area (Å²) >= 11 is 4.18. The minimum Gasteiger partial charge on any atom is -0.383 e. The van der Waals surface area contributed by atoms with Gasteiger partial charge in [-0.05, 0) is 12.8 Å². The van der Waals surface area contributed by atoms with Gasteiger partial charge in [0.1, 0.15) is 6.10 Å². The maximum Gasteiger partial charge on any atom is 0.469 e. The van der Waals surface area contributed by atoms with Crippen molar-refractivity contribution in [2.24, 2.45) is 5.41 Å². The van der Waals surface area contributed by atoms with Crippen LogP contribution in [0.4, 0.5) is 0 Å². The van der Waals surface area contributed by atoms with Crippen LogP contribution in [0.2, 0.25) is 0 Å². The number of rotatable bonds is 10. The van der Waals surface area contributed by atoms with Gasteiger partial charge in [0, 0.05) is 29.7 Å². The fourth-order valence-corrected chi connectivity index (χ4v) is 2.81. The van der Waals surface area contributed by atoms with Crippen LogP contribution in [-0.2, 0) is 18.7 Å². The number of carbonyl (C=O) groups is 2. The van der Waals surface area contributed by atoms with E-state index in [4.69, 9.17) is 9.79 Å². The highest BCUT2D eigenvalue weighted by Gasteiger charge is 2.42. The van der Waals surface area contributed by atoms with Crippen LogP contribution in [0.5, 0.6) is 0 Å². The number of hydrogen-bond donors (Lipinski definition) is 6. The monoisotopic (exact) mass is 384 g/mol. The number of nitrogens with one attached hydrogen (secondary N) is 2. The molecule has 0 aromatic rings. The van der Waals surface area contributed by atoms with Gasteiger partial charge in [-0.1, -0.05) is 13.8 Å². The Hall–Kier alpha value is -0.640. The van der Waals surface area contributed by atoms with Gasteiger partial charge >= 0.3 is 7.82 Å². The first-order chi connectivity index (χ1) is 10.9. The van der Waals surface area contributed by atoms with Gasteiger partial charge in [-0.3, -0.25) is 14.1 Å². The summed E-state index contributed by atoms with van der Waals surface area (Å²) in [6.07, 6.45) is 0.301. The third-order valence-corrected chi connectivity index (χ3v) is 4.88. The van der Waals surface area contributed by atoms with Crippen molar-refractivity contribution < 1.29 is 33.6 Å². The third-order valence-electron chi connectivity index (χ3n) is 3.81. The number of carbonyl (C=O) groups excluding carboxylic acids is 2. The fourth-order valence-electron chi connectivity index (χ4n) is 1.91. The first kappa shape index (κ1) is 21.4. The number of phosphoric acid groups is 1. The van der Waals surface area contributed by atoms with Crippen LogP contribution < -0.4 is 10.6 Å². The quantitative estimate of drug-likeness (QED) is 0.221. The maximum atomic E-state index is 11.9. The molecule has 2 amide bonds. The average Bonchev–Trinajstić information content (AvgIpc) is 3.23. The van der Waals surface area contributed by atoms with Crippen LogP contribution in [-0.4, -0.2) is 57.3 Å². The lowest BCUT2D eigenvalue weighted by Crippen LogP contribution is -2.47. The molecular formula is C13H25N2O7PS. The minimum absolute atomic E-state index is 0.0415. The SMILES string of the molecule is CC(C)(COP(=O)(O)O)[C@@H](O)C(=O)NCCC(=O)NC1(CS)CC1. The zero-order valence-corrected chi connectivity index (χ0v) is 15.5. The topological polar surface area (TPSA) is 145 Å². The predicted molar refractivity (Wildman–Crippen MR) is 89.4 cm³/mol. The molecule has 0 heterocycles. The molecule has 1 saturated carbocycles. The van der Waals surface area contributed by atoms with Gasteiger partial charge in [0.2, 0.25) is 11.8 Å². The molecule has 11 heteroatoms. The molecule has 0 aromatic heterocycles. The molecule has 0 aromatic carbocycles. The van der Waals surface area contributed by atoms with E-state index in [0.717, 1.165) is 12.8 Å². The minimum atomic E-state index is -4.69. The van der Waals surface area contributed by atoms with Crippen LogP contribution in [0.3, 0.4) is 0 Å². The molecule has 1 fully saturated rings. The average molecular weight is 384 g/mol. The summed E-state index contributed by atoms with van der Waals surface area (Å²) in [5.74, 6) is -0.379. The lowest BCUT2D eigenvalue weighted by atomic mass is 9.87. The standard InChI is InChI=1S/C13H25N2O7PS/c1-12(2,7-22-23(19,20)21)10(17)11(18)14-6-3-9(16)15-13(8-24)4-5-13/h10,17,24H,3-8H2,1-2H3,(H,14,18)(H,15,16)(H2,19,20,21)/t10-/m0/s1. The first-order valence-electron chi connectivity index (χ1n) is 7.49. The number of aliphatic hydroxyl groups excluding tert-OH is 1. The molecule has 0 unspecified atom stereocenters. The van der Waals surface area contributed by atoms with Crippen molar-refractivity contribution in [1.82, 2.24) is 10.6 Å². The molecule has 1 atom stereocenters. The van der Waals surface area contributed by atoms with Crippen LogP contribution >= 0.6 is 20.5 Å². The summed E-state index contributed by atoms with van der Waals surface area (Å²) in [5.41, 5.74) is -1.43. The Bertz CT molecular complexity index is 518. The number of phosphoric ester groups is 1. The molecule has 0 radical (unpaired) electrons. The molecule has 0 spiro atoms. The van der Waals surface area contributed by atoms with Crippen LogP contribution in [0.1, 0.15) is 33.1 Å². The molecule has 0 saturated heterocycles. The zero-order chi connectivity index (χ0) is 18.6. The molecule has 24 heavy (non-hydrogen) atoms. The van der Waals surface area contributed by atoms with Crippen LogP contribution in [0, 0.1) is 5.41 Å². The lowest BCUT2D eigenvalue weighted by Gasteiger charge is -2.29. The molecule has 1 aliphatic rings. The summed E-state index contributed by atoms with van der Waals surface area (Å²) in [7, 11) is -4.69. The van der Waals surface area contributed by atoms with Crippen molar-refractivity contribution in [3.8, 4) is 0 Å². The Kier molecular flexibility index (Phi) is 7.28. The Morgan fingerprint density at radius 3 is 2.42 bits per heavy atom. The second-order valence-corrected chi connectivity index (χ2v) is 8.24. The third kappa shape index (κ3) is 7.08. The van der Waals surface area contributed by atoms with Gasteiger partial charge in [-0.25, -0.2) is 4.57 Å². The number of aliphatic hydroxyl groups is 1. The van der Waals surface area contributed by atoms with E-state index >= 15 is 0 Å². The van der Waals surface area contributed by atoms with E-state index in [0.29, 0.717) is 5.75 Å². The normalized spacial score (nSPS) is 17.9. The van der Waals surface area contributed by atoms with E-state index in [1.54, 1.807) is 0 Å². The van der Waals surface area contributed by atoms with Gasteiger partial charge in [-0.2, -0.15) is 12.6 Å². The van der Waals surface area contributed by atoms with Crippen molar-refractivity contribution in [2.45, 2.75) is 44.8 Å².